The summed E-state index contributed by atoms with van der Waals surface area (Å²) in [6.07, 6.45) is 0. The highest BCUT2D eigenvalue weighted by Gasteiger charge is 2.09. The zero-order valence-corrected chi connectivity index (χ0v) is 14.5. The summed E-state index contributed by atoms with van der Waals surface area (Å²) < 4.78 is 15.9. The van der Waals surface area contributed by atoms with Crippen molar-refractivity contribution in [2.45, 2.75) is 6.92 Å². The minimum Gasteiger partial charge on any atom is -0.319 e. The topological polar surface area (TPSA) is 47.2 Å². The standard InChI is InChI=1S/C19H14FN3OS/c1-11-3-4-12-5-6-13(9-15(12)21-11)18(24)22-19-23(2)16-8-7-14(20)10-17(16)25-19/h3-10H,1-2H3. The van der Waals surface area contributed by atoms with Gasteiger partial charge in [0.05, 0.1) is 15.7 Å². The Bertz CT molecular complexity index is 1210. The molecule has 0 atom stereocenters. The molecule has 2 heterocycles. The fourth-order valence-electron chi connectivity index (χ4n) is 2.72. The van der Waals surface area contributed by atoms with E-state index in [1.54, 1.807) is 22.8 Å². The highest BCUT2D eigenvalue weighted by Crippen LogP contribution is 2.18. The van der Waals surface area contributed by atoms with Crippen LogP contribution in [0.15, 0.2) is 53.5 Å². The number of pyridine rings is 1. The van der Waals surface area contributed by atoms with E-state index in [9.17, 15) is 9.18 Å². The number of hydrogen-bond acceptors (Lipinski definition) is 3. The van der Waals surface area contributed by atoms with E-state index >= 15 is 0 Å². The molecule has 1 amide bonds. The molecule has 0 aliphatic rings. The summed E-state index contributed by atoms with van der Waals surface area (Å²) >= 11 is 1.29. The third-order valence-electron chi connectivity index (χ3n) is 4.05. The number of nitrogens with zero attached hydrogens (tertiary/aromatic N) is 3. The van der Waals surface area contributed by atoms with E-state index in [1.807, 2.05) is 32.2 Å². The summed E-state index contributed by atoms with van der Waals surface area (Å²) in [5.41, 5.74) is 2.98. The minimum atomic E-state index is -0.340. The second-order valence-electron chi connectivity index (χ2n) is 5.83. The van der Waals surface area contributed by atoms with Crippen LogP contribution in [0.5, 0.6) is 0 Å². The molecule has 0 saturated heterocycles. The summed E-state index contributed by atoms with van der Waals surface area (Å²) in [7, 11) is 1.81. The van der Waals surface area contributed by atoms with Crippen LogP contribution < -0.4 is 4.80 Å². The molecule has 4 aromatic rings. The van der Waals surface area contributed by atoms with Gasteiger partial charge in [0.25, 0.3) is 5.91 Å². The van der Waals surface area contributed by atoms with E-state index in [4.69, 9.17) is 0 Å². The number of halogens is 1. The number of amides is 1. The maximum Gasteiger partial charge on any atom is 0.279 e. The Balaban J connectivity index is 1.81. The van der Waals surface area contributed by atoms with Crippen LogP contribution in [0.2, 0.25) is 0 Å². The molecule has 0 radical (unpaired) electrons. The molecule has 0 aliphatic carbocycles. The third-order valence-corrected chi connectivity index (χ3v) is 5.14. The Morgan fingerprint density at radius 1 is 1.16 bits per heavy atom. The summed E-state index contributed by atoms with van der Waals surface area (Å²) in [4.78, 5) is 21.8. The van der Waals surface area contributed by atoms with Crippen LogP contribution in [-0.4, -0.2) is 15.5 Å². The second kappa shape index (κ2) is 5.89. The van der Waals surface area contributed by atoms with Gasteiger partial charge in [0.15, 0.2) is 4.80 Å². The lowest BCUT2D eigenvalue weighted by atomic mass is 10.1. The second-order valence-corrected chi connectivity index (χ2v) is 6.84. The number of thiazole rings is 1. The molecule has 0 fully saturated rings. The zero-order valence-electron chi connectivity index (χ0n) is 13.7. The van der Waals surface area contributed by atoms with Gasteiger partial charge in [0.2, 0.25) is 0 Å². The van der Waals surface area contributed by atoms with Crippen LogP contribution in [0.3, 0.4) is 0 Å². The molecule has 25 heavy (non-hydrogen) atoms. The Kier molecular flexibility index (Phi) is 3.69. The number of hydrogen-bond donors (Lipinski definition) is 0. The Morgan fingerprint density at radius 2 is 1.96 bits per heavy atom. The first-order chi connectivity index (χ1) is 12.0. The predicted octanol–water partition coefficient (Wildman–Crippen LogP) is 3.98. The molecule has 4 nitrogen and oxygen atoms in total. The van der Waals surface area contributed by atoms with Crippen LogP contribution >= 0.6 is 11.3 Å². The molecule has 2 aromatic heterocycles. The monoisotopic (exact) mass is 351 g/mol. The number of fused-ring (bicyclic) bond motifs is 2. The van der Waals surface area contributed by atoms with Crippen molar-refractivity contribution < 1.29 is 9.18 Å². The first-order valence-corrected chi connectivity index (χ1v) is 8.54. The molecule has 0 unspecified atom stereocenters. The van der Waals surface area contributed by atoms with E-state index in [1.165, 1.54) is 23.5 Å². The molecule has 0 aliphatic heterocycles. The average molecular weight is 351 g/mol. The molecule has 124 valence electrons. The van der Waals surface area contributed by atoms with Gasteiger partial charge in [-0.2, -0.15) is 4.99 Å². The average Bonchev–Trinajstić information content (AvgIpc) is 2.89. The maximum atomic E-state index is 13.4. The molecule has 2 aromatic carbocycles. The van der Waals surface area contributed by atoms with E-state index in [0.29, 0.717) is 10.4 Å². The van der Waals surface area contributed by atoms with E-state index in [0.717, 1.165) is 26.8 Å². The highest BCUT2D eigenvalue weighted by atomic mass is 32.1. The fourth-order valence-corrected chi connectivity index (χ4v) is 3.76. The zero-order chi connectivity index (χ0) is 17.6. The lowest BCUT2D eigenvalue weighted by Gasteiger charge is -2.01. The third kappa shape index (κ3) is 2.85. The van der Waals surface area contributed by atoms with E-state index in [2.05, 4.69) is 9.98 Å². The van der Waals surface area contributed by atoms with Gasteiger partial charge in [0.1, 0.15) is 5.82 Å². The Hall–Kier alpha value is -2.86. The van der Waals surface area contributed by atoms with Crippen molar-refractivity contribution in [2.24, 2.45) is 12.0 Å². The minimum absolute atomic E-state index is 0.303. The predicted molar refractivity (Wildman–Crippen MR) is 97.1 cm³/mol. The van der Waals surface area contributed by atoms with Crippen LogP contribution in [0.4, 0.5) is 4.39 Å². The van der Waals surface area contributed by atoms with Gasteiger partial charge in [-0.15, -0.1) is 0 Å². The molecule has 0 spiro atoms. The first kappa shape index (κ1) is 15.7. The fraction of sp³-hybridized carbons (Fsp3) is 0.105. The number of rotatable bonds is 1. The summed E-state index contributed by atoms with van der Waals surface area (Å²) in [5, 5.41) is 0.977. The summed E-state index contributed by atoms with van der Waals surface area (Å²) in [5.74, 6) is -0.643. The van der Waals surface area contributed by atoms with E-state index < -0.39 is 0 Å². The van der Waals surface area contributed by atoms with Crippen LogP contribution in [-0.2, 0) is 7.05 Å². The number of carbonyl (C=O) groups excluding carboxylic acids is 1. The summed E-state index contributed by atoms with van der Waals surface area (Å²) in [6, 6.07) is 13.8. The molecule has 0 saturated carbocycles. The van der Waals surface area contributed by atoms with Crippen molar-refractivity contribution in [1.82, 2.24) is 9.55 Å². The highest BCUT2D eigenvalue weighted by molar-refractivity contribution is 7.16. The number of carbonyl (C=O) groups is 1. The molecular weight excluding hydrogens is 337 g/mol. The molecule has 4 rings (SSSR count). The Morgan fingerprint density at radius 3 is 2.80 bits per heavy atom. The van der Waals surface area contributed by atoms with Crippen molar-refractivity contribution in [1.29, 1.82) is 0 Å². The van der Waals surface area contributed by atoms with Gasteiger partial charge >= 0.3 is 0 Å². The van der Waals surface area contributed by atoms with Crippen LogP contribution in [0.1, 0.15) is 16.1 Å². The SMILES string of the molecule is Cc1ccc2ccc(C(=O)N=c3sc4cc(F)ccc4n3C)cc2n1. The van der Waals surface area contributed by atoms with Crippen LogP contribution in [0.25, 0.3) is 21.1 Å². The largest absolute Gasteiger partial charge is 0.319 e. The van der Waals surface area contributed by atoms with Gasteiger partial charge in [0, 0.05) is 23.7 Å². The Labute approximate surface area is 146 Å². The summed E-state index contributed by atoms with van der Waals surface area (Å²) in [6.45, 7) is 1.91. The van der Waals surface area contributed by atoms with Crippen molar-refractivity contribution in [3.05, 3.63) is 70.4 Å². The van der Waals surface area contributed by atoms with Crippen molar-refractivity contribution in [2.75, 3.05) is 0 Å². The van der Waals surface area contributed by atoms with E-state index in [-0.39, 0.29) is 11.7 Å². The first-order valence-electron chi connectivity index (χ1n) is 7.73. The number of aryl methyl sites for hydroxylation is 2. The smallest absolute Gasteiger partial charge is 0.279 e. The maximum absolute atomic E-state index is 13.4. The molecule has 6 heteroatoms. The number of aromatic nitrogens is 2. The van der Waals surface area contributed by atoms with Gasteiger partial charge in [-0.3, -0.25) is 9.78 Å². The van der Waals surface area contributed by atoms with Crippen molar-refractivity contribution >= 4 is 38.4 Å². The normalized spacial score (nSPS) is 12.2. The number of benzene rings is 2. The lowest BCUT2D eigenvalue weighted by Crippen LogP contribution is -2.13. The quantitative estimate of drug-likeness (QED) is 0.521. The molecule has 0 N–H and O–H groups in total. The van der Waals surface area contributed by atoms with Gasteiger partial charge in [-0.25, -0.2) is 4.39 Å². The van der Waals surface area contributed by atoms with Crippen LogP contribution in [0, 0.1) is 12.7 Å². The van der Waals surface area contributed by atoms with Crippen molar-refractivity contribution in [3.8, 4) is 0 Å². The van der Waals surface area contributed by atoms with Crippen molar-refractivity contribution in [3.63, 3.8) is 0 Å². The molecule has 0 bridgehead atoms. The van der Waals surface area contributed by atoms with Gasteiger partial charge < -0.3 is 4.57 Å². The lowest BCUT2D eigenvalue weighted by molar-refractivity contribution is 0.0998. The van der Waals surface area contributed by atoms with Gasteiger partial charge in [-0.05, 0) is 43.3 Å². The molecular formula is C19H14FN3OS. The van der Waals surface area contributed by atoms with Gasteiger partial charge in [-0.1, -0.05) is 23.5 Å².